The number of aromatic nitrogens is 2. The Balaban J connectivity index is 1.90. The summed E-state index contributed by atoms with van der Waals surface area (Å²) in [5.74, 6) is 0.274. The fourth-order valence-electron chi connectivity index (χ4n) is 4.49. The smallest absolute Gasteiger partial charge is 0.231 e. The number of nitrogens with zero attached hydrogens (tertiary/aromatic N) is 3. The molecule has 1 unspecified atom stereocenters. The molecule has 0 aromatic carbocycles. The van der Waals surface area contributed by atoms with Gasteiger partial charge in [-0.05, 0) is 52.6 Å². The Kier molecular flexibility index (Phi) is 4.97. The molecule has 24 heavy (non-hydrogen) atoms. The number of hydrogen-bond acceptors (Lipinski definition) is 4. The summed E-state index contributed by atoms with van der Waals surface area (Å²) in [6.07, 6.45) is 3.80. The van der Waals surface area contributed by atoms with Crippen molar-refractivity contribution in [3.63, 3.8) is 0 Å². The van der Waals surface area contributed by atoms with Crippen LogP contribution >= 0.6 is 0 Å². The lowest BCUT2D eigenvalue weighted by Crippen LogP contribution is -2.51. The van der Waals surface area contributed by atoms with Crippen molar-refractivity contribution in [3.05, 3.63) is 17.0 Å². The van der Waals surface area contributed by atoms with Crippen molar-refractivity contribution in [2.45, 2.75) is 45.6 Å². The third-order valence-electron chi connectivity index (χ3n) is 5.85. The average Bonchev–Trinajstić information content (AvgIpc) is 3.13. The van der Waals surface area contributed by atoms with Gasteiger partial charge in [-0.25, -0.2) is 0 Å². The third-order valence-corrected chi connectivity index (χ3v) is 5.85. The summed E-state index contributed by atoms with van der Waals surface area (Å²) < 4.78 is 7.40. The quantitative estimate of drug-likeness (QED) is 0.911. The standard InChI is InChI=1S/C18H30N4O2/c1-13-16(14(2)21(3)20-13)15-6-5-11-22(15)17(23)18(12-24-4)7-9-19-10-8-18/h15,19H,5-12H2,1-4H3. The maximum atomic E-state index is 13.5. The minimum absolute atomic E-state index is 0.162. The van der Waals surface area contributed by atoms with E-state index in [1.165, 1.54) is 11.3 Å². The van der Waals surface area contributed by atoms with Gasteiger partial charge >= 0.3 is 0 Å². The number of methoxy groups -OCH3 is 1. The fourth-order valence-corrected chi connectivity index (χ4v) is 4.49. The molecule has 1 aromatic heterocycles. The SMILES string of the molecule is COCC1(C(=O)N2CCCC2c2c(C)nn(C)c2C)CCNCC1. The zero-order chi connectivity index (χ0) is 17.3. The number of hydrogen-bond donors (Lipinski definition) is 1. The molecule has 6 nitrogen and oxygen atoms in total. The Morgan fingerprint density at radius 3 is 2.67 bits per heavy atom. The van der Waals surface area contributed by atoms with Gasteiger partial charge in [-0.1, -0.05) is 0 Å². The van der Waals surface area contributed by atoms with Crippen LogP contribution in [0.4, 0.5) is 0 Å². The van der Waals surface area contributed by atoms with Crippen LogP contribution in [0.25, 0.3) is 0 Å². The van der Waals surface area contributed by atoms with Gasteiger partial charge in [-0.3, -0.25) is 9.48 Å². The average molecular weight is 334 g/mol. The topological polar surface area (TPSA) is 59.4 Å². The summed E-state index contributed by atoms with van der Waals surface area (Å²) >= 11 is 0. The van der Waals surface area contributed by atoms with Gasteiger partial charge < -0.3 is 15.0 Å². The molecule has 0 bridgehead atoms. The maximum absolute atomic E-state index is 13.5. The van der Waals surface area contributed by atoms with Gasteiger partial charge in [0.15, 0.2) is 0 Å². The van der Waals surface area contributed by atoms with E-state index in [-0.39, 0.29) is 17.4 Å². The first kappa shape index (κ1) is 17.4. The van der Waals surface area contributed by atoms with Crippen LogP contribution in [-0.4, -0.2) is 53.9 Å². The second kappa shape index (κ2) is 6.84. The molecule has 3 rings (SSSR count). The minimum Gasteiger partial charge on any atom is -0.384 e. The van der Waals surface area contributed by atoms with E-state index in [4.69, 9.17) is 4.74 Å². The van der Waals surface area contributed by atoms with Crippen LogP contribution in [-0.2, 0) is 16.6 Å². The zero-order valence-electron chi connectivity index (χ0n) is 15.4. The molecule has 0 spiro atoms. The fraction of sp³-hybridized carbons (Fsp3) is 0.778. The number of likely N-dealkylation sites (tertiary alicyclic amines) is 1. The van der Waals surface area contributed by atoms with Crippen LogP contribution in [0, 0.1) is 19.3 Å². The number of nitrogens with one attached hydrogen (secondary N) is 1. The Hall–Kier alpha value is -1.40. The summed E-state index contributed by atoms with van der Waals surface area (Å²) in [4.78, 5) is 15.6. The van der Waals surface area contributed by atoms with Crippen LogP contribution in [0.3, 0.4) is 0 Å². The largest absolute Gasteiger partial charge is 0.384 e. The molecule has 2 saturated heterocycles. The zero-order valence-corrected chi connectivity index (χ0v) is 15.4. The lowest BCUT2D eigenvalue weighted by Gasteiger charge is -2.40. The maximum Gasteiger partial charge on any atom is 0.231 e. The minimum atomic E-state index is -0.368. The first-order chi connectivity index (χ1) is 11.5. The molecule has 2 aliphatic rings. The number of aryl methyl sites for hydroxylation is 2. The van der Waals surface area contributed by atoms with Crippen molar-refractivity contribution < 1.29 is 9.53 Å². The highest BCUT2D eigenvalue weighted by molar-refractivity contribution is 5.84. The first-order valence-corrected chi connectivity index (χ1v) is 9.01. The van der Waals surface area contributed by atoms with E-state index in [1.54, 1.807) is 7.11 Å². The summed E-state index contributed by atoms with van der Waals surface area (Å²) in [5, 5.41) is 7.93. The van der Waals surface area contributed by atoms with Crippen molar-refractivity contribution in [2.75, 3.05) is 33.4 Å². The van der Waals surface area contributed by atoms with E-state index in [9.17, 15) is 4.79 Å². The lowest BCUT2D eigenvalue weighted by molar-refractivity contribution is -0.148. The second-order valence-electron chi connectivity index (χ2n) is 7.33. The molecule has 0 saturated carbocycles. The lowest BCUT2D eigenvalue weighted by atomic mass is 9.78. The summed E-state index contributed by atoms with van der Waals surface area (Å²) in [7, 11) is 3.68. The van der Waals surface area contributed by atoms with Crippen LogP contribution in [0.2, 0.25) is 0 Å². The Morgan fingerprint density at radius 2 is 2.08 bits per heavy atom. The van der Waals surface area contributed by atoms with Gasteiger partial charge in [0.2, 0.25) is 5.91 Å². The van der Waals surface area contributed by atoms with Gasteiger partial charge in [0, 0.05) is 32.0 Å². The van der Waals surface area contributed by atoms with Gasteiger partial charge in [-0.15, -0.1) is 0 Å². The van der Waals surface area contributed by atoms with Gasteiger partial charge in [-0.2, -0.15) is 5.10 Å². The van der Waals surface area contributed by atoms with E-state index < -0.39 is 0 Å². The van der Waals surface area contributed by atoms with Crippen LogP contribution in [0.15, 0.2) is 0 Å². The molecular weight excluding hydrogens is 304 g/mol. The van der Waals surface area contributed by atoms with Crippen molar-refractivity contribution in [1.82, 2.24) is 20.0 Å². The molecule has 2 fully saturated rings. The van der Waals surface area contributed by atoms with Crippen molar-refractivity contribution >= 4 is 5.91 Å². The molecule has 3 heterocycles. The van der Waals surface area contributed by atoms with Gasteiger partial charge in [0.25, 0.3) is 0 Å². The third kappa shape index (κ3) is 2.86. The molecule has 0 radical (unpaired) electrons. The van der Waals surface area contributed by atoms with E-state index in [0.717, 1.165) is 51.0 Å². The van der Waals surface area contributed by atoms with Crippen molar-refractivity contribution in [2.24, 2.45) is 12.5 Å². The molecule has 1 N–H and O–H groups in total. The highest BCUT2D eigenvalue weighted by Crippen LogP contribution is 2.40. The van der Waals surface area contributed by atoms with Crippen LogP contribution in [0.1, 0.15) is 48.7 Å². The van der Waals surface area contributed by atoms with E-state index in [0.29, 0.717) is 6.61 Å². The highest BCUT2D eigenvalue weighted by Gasteiger charge is 2.46. The van der Waals surface area contributed by atoms with E-state index in [2.05, 4.69) is 29.2 Å². The number of amides is 1. The van der Waals surface area contributed by atoms with Gasteiger partial charge in [0.05, 0.1) is 23.8 Å². The van der Waals surface area contributed by atoms with Crippen molar-refractivity contribution in [1.29, 1.82) is 0 Å². The van der Waals surface area contributed by atoms with E-state index >= 15 is 0 Å². The Bertz CT molecular complexity index is 599. The Labute approximate surface area is 144 Å². The summed E-state index contributed by atoms with van der Waals surface area (Å²) in [6.45, 7) is 7.29. The summed E-state index contributed by atoms with van der Waals surface area (Å²) in [5.41, 5.74) is 3.09. The number of carbonyl (C=O) groups is 1. The predicted molar refractivity (Wildman–Crippen MR) is 92.8 cm³/mol. The Morgan fingerprint density at radius 1 is 1.38 bits per heavy atom. The molecule has 2 aliphatic heterocycles. The predicted octanol–water partition coefficient (Wildman–Crippen LogP) is 1.72. The molecule has 1 aromatic rings. The van der Waals surface area contributed by atoms with E-state index in [1.807, 2.05) is 11.7 Å². The molecule has 1 amide bonds. The molecular formula is C18H30N4O2. The highest BCUT2D eigenvalue weighted by atomic mass is 16.5. The van der Waals surface area contributed by atoms with Crippen molar-refractivity contribution in [3.8, 4) is 0 Å². The molecule has 0 aliphatic carbocycles. The van der Waals surface area contributed by atoms with Crippen LogP contribution < -0.4 is 5.32 Å². The summed E-state index contributed by atoms with van der Waals surface area (Å²) in [6, 6.07) is 0.162. The molecule has 1 atom stereocenters. The first-order valence-electron chi connectivity index (χ1n) is 9.01. The second-order valence-corrected chi connectivity index (χ2v) is 7.33. The number of ether oxygens (including phenoxy) is 1. The molecule has 6 heteroatoms. The van der Waals surface area contributed by atoms with Gasteiger partial charge in [0.1, 0.15) is 0 Å². The monoisotopic (exact) mass is 334 g/mol. The number of piperidine rings is 1. The number of carbonyl (C=O) groups excluding carboxylic acids is 1. The normalized spacial score (nSPS) is 23.7. The number of rotatable bonds is 4. The molecule has 134 valence electrons. The van der Waals surface area contributed by atoms with Crippen LogP contribution in [0.5, 0.6) is 0 Å².